The summed E-state index contributed by atoms with van der Waals surface area (Å²) >= 11 is 0. The number of carbonyl (C=O) groups is 1. The molecule has 1 fully saturated rings. The van der Waals surface area contributed by atoms with Crippen LogP contribution in [0.15, 0.2) is 57.7 Å². The van der Waals surface area contributed by atoms with E-state index < -0.39 is 11.8 Å². The quantitative estimate of drug-likeness (QED) is 0.666. The van der Waals surface area contributed by atoms with Crippen LogP contribution in [-0.2, 0) is 4.79 Å². The fraction of sp³-hybridized carbons (Fsp3) is 0.364. The minimum atomic E-state index is -0.684. The van der Waals surface area contributed by atoms with E-state index in [-0.39, 0.29) is 5.91 Å². The third kappa shape index (κ3) is 3.81. The minimum Gasteiger partial charge on any atom is -0.408 e. The average molecular weight is 379 g/mol. The molecule has 146 valence electrons. The summed E-state index contributed by atoms with van der Waals surface area (Å²) < 4.78 is 6.60. The van der Waals surface area contributed by atoms with Crippen molar-refractivity contribution in [2.45, 2.75) is 38.6 Å². The summed E-state index contributed by atoms with van der Waals surface area (Å²) in [6.07, 6.45) is 5.29. The Morgan fingerprint density at radius 1 is 1.11 bits per heavy atom. The molecular formula is C22H25N3O3. The highest BCUT2D eigenvalue weighted by Gasteiger charge is 2.21. The van der Waals surface area contributed by atoms with Crippen molar-refractivity contribution in [1.82, 2.24) is 4.57 Å². The molecule has 0 saturated heterocycles. The Morgan fingerprint density at radius 3 is 2.54 bits per heavy atom. The van der Waals surface area contributed by atoms with E-state index in [4.69, 9.17) is 4.42 Å². The molecule has 0 aliphatic heterocycles. The monoisotopic (exact) mass is 379 g/mol. The normalized spacial score (nSPS) is 15.6. The van der Waals surface area contributed by atoms with E-state index in [1.165, 1.54) is 30.3 Å². The molecule has 1 amide bonds. The van der Waals surface area contributed by atoms with E-state index in [0.29, 0.717) is 16.8 Å². The summed E-state index contributed by atoms with van der Waals surface area (Å²) in [5.41, 5.74) is 2.84. The van der Waals surface area contributed by atoms with Crippen molar-refractivity contribution < 1.29 is 9.21 Å². The van der Waals surface area contributed by atoms with Crippen molar-refractivity contribution >= 4 is 28.4 Å². The van der Waals surface area contributed by atoms with Crippen LogP contribution in [0.2, 0.25) is 0 Å². The summed E-state index contributed by atoms with van der Waals surface area (Å²) in [5.74, 6) is -0.0287. The van der Waals surface area contributed by atoms with Crippen LogP contribution < -0.4 is 16.4 Å². The van der Waals surface area contributed by atoms with E-state index in [0.717, 1.165) is 18.2 Å². The van der Waals surface area contributed by atoms with Crippen molar-refractivity contribution in [2.24, 2.45) is 5.92 Å². The van der Waals surface area contributed by atoms with Gasteiger partial charge in [0, 0.05) is 17.9 Å². The predicted octanol–water partition coefficient (Wildman–Crippen LogP) is 4.40. The molecule has 0 bridgehead atoms. The van der Waals surface area contributed by atoms with Crippen molar-refractivity contribution in [3.8, 4) is 0 Å². The van der Waals surface area contributed by atoms with Gasteiger partial charge >= 0.3 is 5.76 Å². The third-order valence-corrected chi connectivity index (χ3v) is 5.51. The third-order valence-electron chi connectivity index (χ3n) is 5.51. The molecule has 1 unspecified atom stereocenters. The smallest absolute Gasteiger partial charge is 0.408 e. The zero-order chi connectivity index (χ0) is 19.5. The molecule has 0 radical (unpaired) electrons. The molecule has 1 atom stereocenters. The van der Waals surface area contributed by atoms with E-state index in [1.54, 1.807) is 25.1 Å². The van der Waals surface area contributed by atoms with E-state index in [2.05, 4.69) is 10.6 Å². The van der Waals surface area contributed by atoms with Crippen LogP contribution in [0.4, 0.5) is 11.4 Å². The molecule has 6 nitrogen and oxygen atoms in total. The number of benzene rings is 2. The molecule has 28 heavy (non-hydrogen) atoms. The molecule has 6 heteroatoms. The summed E-state index contributed by atoms with van der Waals surface area (Å²) in [6.45, 7) is 2.69. The molecule has 1 aliphatic carbocycles. The Morgan fingerprint density at radius 2 is 1.79 bits per heavy atom. The van der Waals surface area contributed by atoms with Crippen molar-refractivity contribution in [3.05, 3.63) is 59.1 Å². The summed E-state index contributed by atoms with van der Waals surface area (Å²) in [4.78, 5) is 24.8. The van der Waals surface area contributed by atoms with Crippen molar-refractivity contribution in [2.75, 3.05) is 17.2 Å². The number of aromatic nitrogens is 1. The summed E-state index contributed by atoms with van der Waals surface area (Å²) in [5, 5.41) is 6.35. The Labute approximate surface area is 163 Å². The topological polar surface area (TPSA) is 76.3 Å². The lowest BCUT2D eigenvalue weighted by molar-refractivity contribution is -0.118. The number of oxazole rings is 1. The zero-order valence-electron chi connectivity index (χ0n) is 16.0. The number of hydrogen-bond acceptors (Lipinski definition) is 4. The average Bonchev–Trinajstić information content (AvgIpc) is 3.33. The van der Waals surface area contributed by atoms with Crippen LogP contribution in [0.5, 0.6) is 0 Å². The lowest BCUT2D eigenvalue weighted by Gasteiger charge is -2.14. The number of anilines is 2. The van der Waals surface area contributed by atoms with E-state index in [9.17, 15) is 9.59 Å². The van der Waals surface area contributed by atoms with Crippen LogP contribution >= 0.6 is 0 Å². The highest BCUT2D eigenvalue weighted by Crippen LogP contribution is 2.25. The van der Waals surface area contributed by atoms with Gasteiger partial charge in [-0.15, -0.1) is 0 Å². The highest BCUT2D eigenvalue weighted by molar-refractivity contribution is 5.94. The van der Waals surface area contributed by atoms with E-state index >= 15 is 0 Å². The number of nitrogens with one attached hydrogen (secondary N) is 2. The first kappa shape index (κ1) is 18.3. The number of nitrogens with zero attached hydrogens (tertiary/aromatic N) is 1. The molecule has 1 aromatic heterocycles. The van der Waals surface area contributed by atoms with Gasteiger partial charge < -0.3 is 15.1 Å². The summed E-state index contributed by atoms with van der Waals surface area (Å²) in [6, 6.07) is 14.1. The van der Waals surface area contributed by atoms with Crippen molar-refractivity contribution in [3.63, 3.8) is 0 Å². The molecule has 3 aromatic rings. The Balaban J connectivity index is 1.41. The first-order valence-electron chi connectivity index (χ1n) is 9.86. The number of para-hydroxylation sites is 2. The SMILES string of the molecule is CC(C(=O)Nc1ccc(NCC2CCCC2)cc1)n1c(=O)oc2ccccc21. The molecule has 0 spiro atoms. The molecule has 2 N–H and O–H groups in total. The summed E-state index contributed by atoms with van der Waals surface area (Å²) in [7, 11) is 0. The van der Waals surface area contributed by atoms with Gasteiger partial charge in [0.05, 0.1) is 5.52 Å². The van der Waals surface area contributed by atoms with Crippen LogP contribution in [0.3, 0.4) is 0 Å². The minimum absolute atomic E-state index is 0.264. The molecule has 1 aliphatic rings. The van der Waals surface area contributed by atoms with E-state index in [1.807, 2.05) is 30.3 Å². The van der Waals surface area contributed by atoms with Crippen LogP contribution in [0.25, 0.3) is 11.1 Å². The molecule has 1 heterocycles. The lowest BCUT2D eigenvalue weighted by Crippen LogP contribution is -2.29. The second-order valence-corrected chi connectivity index (χ2v) is 7.48. The van der Waals surface area contributed by atoms with Gasteiger partial charge in [0.1, 0.15) is 6.04 Å². The zero-order valence-corrected chi connectivity index (χ0v) is 16.0. The molecule has 2 aromatic carbocycles. The number of rotatable bonds is 6. The maximum atomic E-state index is 12.7. The fourth-order valence-electron chi connectivity index (χ4n) is 3.86. The number of carbonyl (C=O) groups excluding carboxylic acids is 1. The first-order chi connectivity index (χ1) is 13.6. The standard InChI is InChI=1S/C22H25N3O3/c1-15(25-19-8-4-5-9-20(19)28-22(25)27)21(26)24-18-12-10-17(11-13-18)23-14-16-6-2-3-7-16/h4-5,8-13,15-16,23H,2-3,6-7,14H2,1H3,(H,24,26). The van der Waals surface area contributed by atoms with Gasteiger partial charge in [-0.05, 0) is 62.1 Å². The van der Waals surface area contributed by atoms with Gasteiger partial charge in [-0.1, -0.05) is 25.0 Å². The lowest BCUT2D eigenvalue weighted by atomic mass is 10.1. The fourth-order valence-corrected chi connectivity index (χ4v) is 3.86. The maximum Gasteiger partial charge on any atom is 0.420 e. The second-order valence-electron chi connectivity index (χ2n) is 7.48. The highest BCUT2D eigenvalue weighted by atomic mass is 16.4. The predicted molar refractivity (Wildman–Crippen MR) is 111 cm³/mol. The number of fused-ring (bicyclic) bond motifs is 1. The van der Waals surface area contributed by atoms with Gasteiger partial charge in [-0.2, -0.15) is 0 Å². The number of amides is 1. The van der Waals surface area contributed by atoms with Crippen LogP contribution in [-0.4, -0.2) is 17.0 Å². The molecular weight excluding hydrogens is 354 g/mol. The Kier molecular flexibility index (Phi) is 5.19. The van der Waals surface area contributed by atoms with Gasteiger partial charge in [-0.3, -0.25) is 9.36 Å². The molecule has 1 saturated carbocycles. The first-order valence-corrected chi connectivity index (χ1v) is 9.86. The van der Waals surface area contributed by atoms with Gasteiger partial charge in [0.15, 0.2) is 5.58 Å². The van der Waals surface area contributed by atoms with Crippen LogP contribution in [0, 0.1) is 5.92 Å². The van der Waals surface area contributed by atoms with Gasteiger partial charge in [-0.25, -0.2) is 4.79 Å². The van der Waals surface area contributed by atoms with Crippen LogP contribution in [0.1, 0.15) is 38.6 Å². The maximum absolute atomic E-state index is 12.7. The van der Waals surface area contributed by atoms with Gasteiger partial charge in [0.2, 0.25) is 5.91 Å². The second kappa shape index (κ2) is 7.92. The van der Waals surface area contributed by atoms with Crippen molar-refractivity contribution in [1.29, 1.82) is 0 Å². The Bertz CT molecular complexity index is 1010. The number of hydrogen-bond donors (Lipinski definition) is 2. The van der Waals surface area contributed by atoms with Gasteiger partial charge in [0.25, 0.3) is 0 Å². The Hall–Kier alpha value is -3.02. The molecule has 4 rings (SSSR count). The largest absolute Gasteiger partial charge is 0.420 e.